The van der Waals surface area contributed by atoms with Gasteiger partial charge in [0.15, 0.2) is 6.10 Å². The van der Waals surface area contributed by atoms with E-state index in [0.717, 1.165) is 4.31 Å². The predicted octanol–water partition coefficient (Wildman–Crippen LogP) is 3.52. The second-order valence-electron chi connectivity index (χ2n) is 8.36. The summed E-state index contributed by atoms with van der Waals surface area (Å²) < 4.78 is 71.5. The molecule has 3 atom stereocenters. The van der Waals surface area contributed by atoms with E-state index >= 15 is 0 Å². The van der Waals surface area contributed by atoms with E-state index in [9.17, 15) is 21.6 Å². The molecule has 0 spiro atoms. The lowest BCUT2D eigenvalue weighted by molar-refractivity contribution is 0.0828. The first-order valence-electron chi connectivity index (χ1n) is 10.5. The van der Waals surface area contributed by atoms with Crippen LogP contribution < -0.4 is 0 Å². The number of oxime groups is 1. The number of hydrogen-bond acceptors (Lipinski definition) is 6. The predicted molar refractivity (Wildman–Crippen MR) is 120 cm³/mol. The van der Waals surface area contributed by atoms with Crippen molar-refractivity contribution in [1.82, 2.24) is 14.2 Å². The Labute approximate surface area is 195 Å². The van der Waals surface area contributed by atoms with Crippen molar-refractivity contribution < 1.29 is 26.4 Å². The van der Waals surface area contributed by atoms with Gasteiger partial charge in [0.25, 0.3) is 0 Å². The van der Waals surface area contributed by atoms with Crippen LogP contribution in [0.4, 0.5) is 13.2 Å². The van der Waals surface area contributed by atoms with Crippen LogP contribution in [0, 0.1) is 30.5 Å². The molecule has 2 aliphatic rings. The SMILES string of the molecule is Cc1cnc([C@@H]2CC(N3CC(C#[N+]S(=O)(=O)N(C)C)[C@H](F)C3)=NO2)c(-c2c(F)cccc2F)c1. The molecule has 1 aromatic carbocycles. The van der Waals surface area contributed by atoms with E-state index in [4.69, 9.17) is 4.84 Å². The van der Waals surface area contributed by atoms with Gasteiger partial charge < -0.3 is 9.74 Å². The van der Waals surface area contributed by atoms with Gasteiger partial charge in [-0.2, -0.15) is 0 Å². The Hall–Kier alpha value is -3.17. The fraction of sp³-hybridized carbons (Fsp3) is 0.409. The number of likely N-dealkylation sites (tertiary alicyclic amines) is 1. The molecule has 1 aromatic heterocycles. The summed E-state index contributed by atoms with van der Waals surface area (Å²) >= 11 is 0. The third-order valence-corrected chi connectivity index (χ3v) is 6.91. The van der Waals surface area contributed by atoms with Gasteiger partial charge in [-0.1, -0.05) is 11.2 Å². The minimum Gasteiger partial charge on any atom is -0.384 e. The highest BCUT2D eigenvalue weighted by atomic mass is 32.2. The average molecular weight is 495 g/mol. The average Bonchev–Trinajstić information content (AvgIpc) is 3.39. The Morgan fingerprint density at radius 3 is 2.62 bits per heavy atom. The van der Waals surface area contributed by atoms with E-state index in [1.807, 2.05) is 0 Å². The molecule has 3 heterocycles. The molecule has 4 rings (SSSR count). The normalized spacial score (nSPS) is 22.4. The van der Waals surface area contributed by atoms with Crippen molar-refractivity contribution >= 4 is 16.0 Å². The molecule has 0 radical (unpaired) electrons. The fourth-order valence-corrected chi connectivity index (χ4v) is 4.23. The lowest BCUT2D eigenvalue weighted by atomic mass is 9.97. The third kappa shape index (κ3) is 4.71. The third-order valence-electron chi connectivity index (χ3n) is 5.65. The molecule has 0 amide bonds. The van der Waals surface area contributed by atoms with Crippen LogP contribution in [0.25, 0.3) is 15.4 Å². The van der Waals surface area contributed by atoms with Crippen molar-refractivity contribution in [2.75, 3.05) is 27.2 Å². The Morgan fingerprint density at radius 1 is 1.24 bits per heavy atom. The number of aromatic nitrogens is 1. The second-order valence-corrected chi connectivity index (χ2v) is 10.2. The molecular weight excluding hydrogens is 471 g/mol. The van der Waals surface area contributed by atoms with Crippen molar-refractivity contribution in [2.24, 2.45) is 11.1 Å². The molecule has 2 aromatic rings. The minimum absolute atomic E-state index is 0.0414. The van der Waals surface area contributed by atoms with Gasteiger partial charge >= 0.3 is 16.3 Å². The highest BCUT2D eigenvalue weighted by molar-refractivity contribution is 7.91. The van der Waals surface area contributed by atoms with Crippen LogP contribution >= 0.6 is 0 Å². The number of hydrogen-bond donors (Lipinski definition) is 0. The smallest absolute Gasteiger partial charge is 0.384 e. The largest absolute Gasteiger partial charge is 0.560 e. The Morgan fingerprint density at radius 2 is 1.94 bits per heavy atom. The highest BCUT2D eigenvalue weighted by Gasteiger charge is 2.41. The number of aryl methyl sites for hydroxylation is 1. The van der Waals surface area contributed by atoms with Crippen molar-refractivity contribution in [3.8, 4) is 17.2 Å². The van der Waals surface area contributed by atoms with Gasteiger partial charge in [0.2, 0.25) is 0 Å². The maximum Gasteiger partial charge on any atom is 0.560 e. The quantitative estimate of drug-likeness (QED) is 0.653. The zero-order valence-corrected chi connectivity index (χ0v) is 19.6. The van der Waals surface area contributed by atoms with Gasteiger partial charge in [0.05, 0.1) is 28.5 Å². The van der Waals surface area contributed by atoms with Crippen LogP contribution in [0.3, 0.4) is 0 Å². The molecule has 1 fully saturated rings. The Bertz CT molecular complexity index is 1290. The van der Waals surface area contributed by atoms with Gasteiger partial charge in [0, 0.05) is 32.4 Å². The lowest BCUT2D eigenvalue weighted by Crippen LogP contribution is -2.28. The van der Waals surface area contributed by atoms with Crippen LogP contribution in [0.1, 0.15) is 23.8 Å². The van der Waals surface area contributed by atoms with Crippen molar-refractivity contribution in [1.29, 1.82) is 0 Å². The summed E-state index contributed by atoms with van der Waals surface area (Å²) in [6.07, 6.45) is -0.359. The van der Waals surface area contributed by atoms with Gasteiger partial charge in [-0.3, -0.25) is 4.98 Å². The summed E-state index contributed by atoms with van der Waals surface area (Å²) in [6, 6.07) is 7.64. The Balaban J connectivity index is 1.54. The first kappa shape index (κ1) is 24.0. The lowest BCUT2D eigenvalue weighted by Gasteiger charge is -2.17. The molecule has 8 nitrogen and oxygen atoms in total. The van der Waals surface area contributed by atoms with Crippen LogP contribution in [0.15, 0.2) is 35.6 Å². The zero-order chi connectivity index (χ0) is 24.6. The van der Waals surface area contributed by atoms with E-state index in [-0.39, 0.29) is 30.6 Å². The van der Waals surface area contributed by atoms with Gasteiger partial charge in [0.1, 0.15) is 29.6 Å². The molecule has 180 valence electrons. The monoisotopic (exact) mass is 494 g/mol. The molecule has 2 aliphatic heterocycles. The molecular formula is C22H23F3N5O3S+. The summed E-state index contributed by atoms with van der Waals surface area (Å²) in [5.74, 6) is -1.89. The fourth-order valence-electron chi connectivity index (χ4n) is 3.80. The first-order valence-corrected chi connectivity index (χ1v) is 11.9. The van der Waals surface area contributed by atoms with Crippen molar-refractivity contribution in [3.63, 3.8) is 0 Å². The molecule has 0 N–H and O–H groups in total. The summed E-state index contributed by atoms with van der Waals surface area (Å²) in [6.45, 7) is 1.83. The molecule has 0 aliphatic carbocycles. The topological polar surface area (TPSA) is 79.5 Å². The van der Waals surface area contributed by atoms with Crippen LogP contribution in [-0.4, -0.2) is 61.8 Å². The molecule has 0 saturated carbocycles. The van der Waals surface area contributed by atoms with Crippen LogP contribution in [-0.2, 0) is 15.0 Å². The summed E-state index contributed by atoms with van der Waals surface area (Å²) in [7, 11) is -1.26. The minimum atomic E-state index is -3.89. The molecule has 1 saturated heterocycles. The Kier molecular flexibility index (Phi) is 6.51. The molecule has 1 unspecified atom stereocenters. The van der Waals surface area contributed by atoms with Gasteiger partial charge in [-0.05, 0) is 30.7 Å². The van der Waals surface area contributed by atoms with E-state index in [1.54, 1.807) is 24.1 Å². The highest BCUT2D eigenvalue weighted by Crippen LogP contribution is 2.37. The molecule has 0 bridgehead atoms. The van der Waals surface area contributed by atoms with E-state index < -0.39 is 40.0 Å². The van der Waals surface area contributed by atoms with Gasteiger partial charge in [-0.25, -0.2) is 13.2 Å². The second kappa shape index (κ2) is 9.23. The number of rotatable bonds is 3. The summed E-state index contributed by atoms with van der Waals surface area (Å²) in [4.78, 5) is 11.5. The van der Waals surface area contributed by atoms with Crippen LogP contribution in [0.5, 0.6) is 0 Å². The molecule has 34 heavy (non-hydrogen) atoms. The number of benzene rings is 1. The molecule has 12 heteroatoms. The van der Waals surface area contributed by atoms with Crippen molar-refractivity contribution in [2.45, 2.75) is 25.6 Å². The maximum absolute atomic E-state index is 14.5. The van der Waals surface area contributed by atoms with Crippen LogP contribution in [0.2, 0.25) is 0 Å². The summed E-state index contributed by atoms with van der Waals surface area (Å²) in [5, 5.41) is 4.05. The zero-order valence-electron chi connectivity index (χ0n) is 18.7. The number of halogens is 3. The number of amidine groups is 1. The number of pyridine rings is 1. The standard InChI is InChI=1S/C22H23F3N5O3S/c1-13-7-15(21-16(23)5-4-6-17(21)24)22(26-9-13)19-8-20(28-33-19)30-11-14(18(25)12-30)10-27-34(31,32)29(2)3/h4-7,9,14,18-19H,8,11-12H2,1-3H3/q+1/t14?,18-,19+/m1/s1. The number of nitrogens with zero attached hydrogens (tertiary/aromatic N) is 5. The van der Waals surface area contributed by atoms with E-state index in [2.05, 4.69) is 20.5 Å². The van der Waals surface area contributed by atoms with Crippen molar-refractivity contribution in [3.05, 3.63) is 57.6 Å². The van der Waals surface area contributed by atoms with Gasteiger partial charge in [-0.15, -0.1) is 12.7 Å². The first-order chi connectivity index (χ1) is 16.1. The maximum atomic E-state index is 14.5. The number of alkyl halides is 1. The summed E-state index contributed by atoms with van der Waals surface area (Å²) in [5.41, 5.74) is 1.08. The van der Waals surface area contributed by atoms with E-state index in [1.165, 1.54) is 32.3 Å². The van der Waals surface area contributed by atoms with E-state index in [0.29, 0.717) is 17.1 Å².